The Morgan fingerprint density at radius 3 is 2.79 bits per heavy atom. The lowest BCUT2D eigenvalue weighted by atomic mass is 10.2. The van der Waals surface area contributed by atoms with Crippen LogP contribution in [-0.4, -0.2) is 44.0 Å². The topological polar surface area (TPSA) is 47.6 Å². The molecular weight excluding hydrogens is 202 g/mol. The summed E-state index contributed by atoms with van der Waals surface area (Å²) in [6.45, 7) is 0.420. The lowest BCUT2D eigenvalue weighted by Gasteiger charge is -2.15. The third kappa shape index (κ3) is 3.48. The van der Waals surface area contributed by atoms with Crippen LogP contribution in [0.3, 0.4) is 0 Å². The SMILES string of the molecule is COC(CNC(=O)C1CCCS1)OC. The molecule has 1 fully saturated rings. The van der Waals surface area contributed by atoms with Crippen molar-refractivity contribution in [2.75, 3.05) is 26.5 Å². The Bertz CT molecular complexity index is 179. The van der Waals surface area contributed by atoms with Crippen molar-refractivity contribution in [3.8, 4) is 0 Å². The smallest absolute Gasteiger partial charge is 0.233 e. The van der Waals surface area contributed by atoms with Crippen molar-refractivity contribution in [2.24, 2.45) is 0 Å². The van der Waals surface area contributed by atoms with Crippen LogP contribution in [0.1, 0.15) is 12.8 Å². The molecule has 1 aliphatic heterocycles. The summed E-state index contributed by atoms with van der Waals surface area (Å²) in [5.74, 6) is 1.20. The number of hydrogen-bond acceptors (Lipinski definition) is 4. The van der Waals surface area contributed by atoms with Gasteiger partial charge in [0.05, 0.1) is 11.8 Å². The maximum absolute atomic E-state index is 11.5. The molecule has 1 atom stereocenters. The Hall–Kier alpha value is -0.260. The minimum atomic E-state index is -0.342. The number of ether oxygens (including phenoxy) is 2. The van der Waals surface area contributed by atoms with Gasteiger partial charge < -0.3 is 14.8 Å². The van der Waals surface area contributed by atoms with Crippen LogP contribution in [0.4, 0.5) is 0 Å². The quantitative estimate of drug-likeness (QED) is 0.689. The molecule has 1 N–H and O–H groups in total. The zero-order valence-corrected chi connectivity index (χ0v) is 9.43. The summed E-state index contributed by atoms with van der Waals surface area (Å²) in [7, 11) is 3.12. The molecule has 0 aliphatic carbocycles. The summed E-state index contributed by atoms with van der Waals surface area (Å²) in [6.07, 6.45) is 1.78. The highest BCUT2D eigenvalue weighted by Gasteiger charge is 2.23. The third-order valence-corrected chi connectivity index (χ3v) is 3.57. The Labute approximate surface area is 88.7 Å². The number of thioether (sulfide) groups is 1. The molecule has 0 spiro atoms. The van der Waals surface area contributed by atoms with Gasteiger partial charge in [0.25, 0.3) is 0 Å². The molecule has 1 saturated heterocycles. The summed E-state index contributed by atoms with van der Waals surface area (Å²) < 4.78 is 9.94. The predicted octanol–water partition coefficient (Wildman–Crippen LogP) is 0.617. The summed E-state index contributed by atoms with van der Waals surface area (Å²) in [5.41, 5.74) is 0. The second-order valence-corrected chi connectivity index (χ2v) is 4.46. The van der Waals surface area contributed by atoms with E-state index < -0.39 is 0 Å². The minimum Gasteiger partial charge on any atom is -0.354 e. The van der Waals surface area contributed by atoms with Crippen LogP contribution in [0.15, 0.2) is 0 Å². The van der Waals surface area contributed by atoms with E-state index in [1.807, 2.05) is 0 Å². The van der Waals surface area contributed by atoms with Gasteiger partial charge in [-0.1, -0.05) is 0 Å². The van der Waals surface area contributed by atoms with Crippen LogP contribution in [0.2, 0.25) is 0 Å². The van der Waals surface area contributed by atoms with E-state index in [0.29, 0.717) is 6.54 Å². The molecule has 1 amide bonds. The fraction of sp³-hybridized carbons (Fsp3) is 0.889. The lowest BCUT2D eigenvalue weighted by Crippen LogP contribution is -2.38. The van der Waals surface area contributed by atoms with Crippen molar-refractivity contribution in [1.29, 1.82) is 0 Å². The zero-order valence-electron chi connectivity index (χ0n) is 8.62. The van der Waals surface area contributed by atoms with Crippen LogP contribution < -0.4 is 5.32 Å². The van der Waals surface area contributed by atoms with E-state index in [-0.39, 0.29) is 17.4 Å². The number of carbonyl (C=O) groups excluding carboxylic acids is 1. The third-order valence-electron chi connectivity index (χ3n) is 2.19. The van der Waals surface area contributed by atoms with Crippen LogP contribution >= 0.6 is 11.8 Å². The Morgan fingerprint density at radius 2 is 2.29 bits per heavy atom. The zero-order chi connectivity index (χ0) is 10.4. The van der Waals surface area contributed by atoms with E-state index in [0.717, 1.165) is 18.6 Å². The van der Waals surface area contributed by atoms with Crippen LogP contribution in [-0.2, 0) is 14.3 Å². The molecule has 5 heteroatoms. The highest BCUT2D eigenvalue weighted by molar-refractivity contribution is 8.00. The van der Waals surface area contributed by atoms with Gasteiger partial charge in [-0.05, 0) is 18.6 Å². The van der Waals surface area contributed by atoms with Gasteiger partial charge >= 0.3 is 0 Å². The normalized spacial score (nSPS) is 21.5. The van der Waals surface area contributed by atoms with Gasteiger partial charge in [0.15, 0.2) is 6.29 Å². The predicted molar refractivity (Wildman–Crippen MR) is 56.3 cm³/mol. The molecule has 1 unspecified atom stereocenters. The van der Waals surface area contributed by atoms with Gasteiger partial charge in [-0.3, -0.25) is 4.79 Å². The molecule has 1 aliphatic rings. The van der Waals surface area contributed by atoms with Crippen LogP contribution in [0.25, 0.3) is 0 Å². The van der Waals surface area contributed by atoms with Gasteiger partial charge in [-0.25, -0.2) is 0 Å². The van der Waals surface area contributed by atoms with E-state index >= 15 is 0 Å². The second kappa shape index (κ2) is 6.27. The number of hydrogen-bond donors (Lipinski definition) is 1. The van der Waals surface area contributed by atoms with Crippen LogP contribution in [0.5, 0.6) is 0 Å². The molecular formula is C9H17NO3S. The van der Waals surface area contributed by atoms with Crippen LogP contribution in [0, 0.1) is 0 Å². The number of nitrogens with one attached hydrogen (secondary N) is 1. The Morgan fingerprint density at radius 1 is 1.57 bits per heavy atom. The number of methoxy groups -OCH3 is 2. The van der Waals surface area contributed by atoms with E-state index in [2.05, 4.69) is 5.32 Å². The van der Waals surface area contributed by atoms with E-state index in [4.69, 9.17) is 9.47 Å². The van der Waals surface area contributed by atoms with Gasteiger partial charge in [-0.15, -0.1) is 11.8 Å². The van der Waals surface area contributed by atoms with Gasteiger partial charge in [0.1, 0.15) is 0 Å². The molecule has 82 valence electrons. The number of carbonyl (C=O) groups is 1. The maximum atomic E-state index is 11.5. The lowest BCUT2D eigenvalue weighted by molar-refractivity contribution is -0.127. The van der Waals surface area contributed by atoms with E-state index in [1.165, 1.54) is 0 Å². The first-order valence-electron chi connectivity index (χ1n) is 4.73. The van der Waals surface area contributed by atoms with Crippen molar-refractivity contribution in [1.82, 2.24) is 5.32 Å². The van der Waals surface area contributed by atoms with Crippen molar-refractivity contribution in [3.05, 3.63) is 0 Å². The molecule has 0 radical (unpaired) electrons. The highest BCUT2D eigenvalue weighted by Crippen LogP contribution is 2.25. The first-order chi connectivity index (χ1) is 6.77. The van der Waals surface area contributed by atoms with Crippen molar-refractivity contribution >= 4 is 17.7 Å². The second-order valence-electron chi connectivity index (χ2n) is 3.15. The molecule has 14 heavy (non-hydrogen) atoms. The van der Waals surface area contributed by atoms with Crippen molar-refractivity contribution in [2.45, 2.75) is 24.4 Å². The van der Waals surface area contributed by atoms with Gasteiger partial charge in [-0.2, -0.15) is 0 Å². The minimum absolute atomic E-state index is 0.103. The van der Waals surface area contributed by atoms with Gasteiger partial charge in [0, 0.05) is 14.2 Å². The summed E-state index contributed by atoms with van der Waals surface area (Å²) in [4.78, 5) is 11.5. The van der Waals surface area contributed by atoms with Crippen molar-refractivity contribution in [3.63, 3.8) is 0 Å². The first-order valence-corrected chi connectivity index (χ1v) is 5.77. The summed E-state index contributed by atoms with van der Waals surface area (Å²) in [6, 6.07) is 0. The Balaban J connectivity index is 2.19. The summed E-state index contributed by atoms with van der Waals surface area (Å²) in [5, 5.41) is 2.95. The first kappa shape index (κ1) is 11.8. The van der Waals surface area contributed by atoms with Crippen molar-refractivity contribution < 1.29 is 14.3 Å². The van der Waals surface area contributed by atoms with E-state index in [1.54, 1.807) is 26.0 Å². The highest BCUT2D eigenvalue weighted by atomic mass is 32.2. The van der Waals surface area contributed by atoms with Gasteiger partial charge in [0.2, 0.25) is 5.91 Å². The molecule has 4 nitrogen and oxygen atoms in total. The molecule has 0 saturated carbocycles. The molecule has 0 aromatic rings. The van der Waals surface area contributed by atoms with E-state index in [9.17, 15) is 4.79 Å². The molecule has 0 aromatic carbocycles. The fourth-order valence-corrected chi connectivity index (χ4v) is 2.53. The fourth-order valence-electron chi connectivity index (χ4n) is 1.35. The molecule has 1 rings (SSSR count). The Kier molecular flexibility index (Phi) is 5.29. The average Bonchev–Trinajstić information content (AvgIpc) is 2.72. The molecule has 0 bridgehead atoms. The average molecular weight is 219 g/mol. The number of amides is 1. The summed E-state index contributed by atoms with van der Waals surface area (Å²) >= 11 is 1.72. The standard InChI is InChI=1S/C9H17NO3S/c1-12-8(13-2)6-10-9(11)7-4-3-5-14-7/h7-8H,3-6H2,1-2H3,(H,10,11). The maximum Gasteiger partial charge on any atom is 0.233 e. The monoisotopic (exact) mass is 219 g/mol. The molecule has 1 heterocycles. The molecule has 0 aromatic heterocycles. The number of rotatable bonds is 5. The largest absolute Gasteiger partial charge is 0.354 e.